The molecule has 0 radical (unpaired) electrons. The van der Waals surface area contributed by atoms with Gasteiger partial charge in [0.15, 0.2) is 0 Å². The number of nitrogens with two attached hydrogens (primary N) is 1. The predicted octanol–water partition coefficient (Wildman–Crippen LogP) is -2.76. The molecule has 0 amide bonds. The van der Waals surface area contributed by atoms with Crippen LogP contribution in [0, 0.1) is 0 Å². The molecule has 0 aliphatic rings. The van der Waals surface area contributed by atoms with E-state index in [2.05, 4.69) is 27.4 Å². The zero-order valence-electron chi connectivity index (χ0n) is 8.16. The maximum Gasteiger partial charge on any atom is 1.00 e. The molecular formula is C5H12N3NaO2S2. The largest absolute Gasteiger partial charge is 1.00 e. The van der Waals surface area contributed by atoms with Gasteiger partial charge in [-0.1, -0.05) is 33.0 Å². The average Bonchev–Trinajstić information content (AvgIpc) is 1.49. The molecule has 0 aliphatic heterocycles. The van der Waals surface area contributed by atoms with Crippen LogP contribution in [-0.2, 0) is 10.2 Å². The van der Waals surface area contributed by atoms with Gasteiger partial charge >= 0.3 is 29.6 Å². The monoisotopic (exact) mass is 233 g/mol. The third-order valence-electron chi connectivity index (χ3n) is 0.692. The van der Waals surface area contributed by atoms with Crippen LogP contribution in [0.15, 0.2) is 0 Å². The molecule has 5 nitrogen and oxygen atoms in total. The summed E-state index contributed by atoms with van der Waals surface area (Å²) in [6.07, 6.45) is 0. The number of hydrogen-bond acceptors (Lipinski definition) is 3. The van der Waals surface area contributed by atoms with Gasteiger partial charge in [-0.25, -0.2) is 13.6 Å². The van der Waals surface area contributed by atoms with Crippen LogP contribution in [0.5, 0.6) is 0 Å². The van der Waals surface area contributed by atoms with Crippen molar-refractivity contribution in [3.63, 3.8) is 0 Å². The molecule has 0 aromatic heterocycles. The van der Waals surface area contributed by atoms with E-state index in [9.17, 15) is 8.42 Å². The van der Waals surface area contributed by atoms with Crippen LogP contribution in [0.4, 0.5) is 0 Å². The first-order valence-electron chi connectivity index (χ1n) is 3.18. The molecule has 0 unspecified atom stereocenters. The zero-order chi connectivity index (χ0) is 9.99. The van der Waals surface area contributed by atoms with Crippen LogP contribution < -0.4 is 40.0 Å². The van der Waals surface area contributed by atoms with Gasteiger partial charge in [0.05, 0.1) is 0 Å². The first kappa shape index (κ1) is 16.0. The number of hydrogen-bond donors (Lipinski definition) is 2. The summed E-state index contributed by atoms with van der Waals surface area (Å²) in [6.45, 7) is 5.49. The van der Waals surface area contributed by atoms with E-state index >= 15 is 0 Å². The Morgan fingerprint density at radius 1 is 1.46 bits per heavy atom. The quantitative estimate of drug-likeness (QED) is 0.379. The molecule has 0 saturated heterocycles. The fourth-order valence-corrected chi connectivity index (χ4v) is 1.35. The van der Waals surface area contributed by atoms with Gasteiger partial charge in [0.1, 0.15) is 0 Å². The van der Waals surface area contributed by atoms with E-state index in [1.54, 1.807) is 0 Å². The number of thiocarbonyl (C=S) groups is 1. The second-order valence-corrected chi connectivity index (χ2v) is 4.89. The van der Waals surface area contributed by atoms with E-state index < -0.39 is 10.2 Å². The van der Waals surface area contributed by atoms with Gasteiger partial charge in [0, 0.05) is 5.11 Å². The molecule has 0 atom stereocenters. The summed E-state index contributed by atoms with van der Waals surface area (Å²) < 4.78 is 23.9. The van der Waals surface area contributed by atoms with Crippen molar-refractivity contribution < 1.29 is 38.0 Å². The summed E-state index contributed by atoms with van der Waals surface area (Å²) in [4.78, 5) is 0. The van der Waals surface area contributed by atoms with Gasteiger partial charge in [-0.15, -0.1) is 0 Å². The molecule has 72 valence electrons. The molecule has 0 bridgehead atoms. The smallest absolute Gasteiger partial charge is 0.467 e. The first-order valence-corrected chi connectivity index (χ1v) is 5.09. The standard InChI is InChI=1S/C5H13N3O2S2.Na/c1-5(2,3)7-4(11)8-12(6,9)10;/h1-3H3,(H4,6,7,8,9,10,11);/q;+1/p-1. The Hall–Kier alpha value is 0.600. The van der Waals surface area contributed by atoms with Crippen LogP contribution in [-0.4, -0.2) is 19.1 Å². The van der Waals surface area contributed by atoms with Crippen LogP contribution in [0.3, 0.4) is 0 Å². The van der Waals surface area contributed by atoms with E-state index in [0.29, 0.717) is 0 Å². The van der Waals surface area contributed by atoms with Gasteiger partial charge in [0.2, 0.25) is 10.2 Å². The number of nitrogens with zero attached hydrogens (tertiary/aromatic N) is 1. The number of rotatable bonds is 1. The van der Waals surface area contributed by atoms with Crippen molar-refractivity contribution in [3.8, 4) is 0 Å². The summed E-state index contributed by atoms with van der Waals surface area (Å²) in [6, 6.07) is 0. The maximum absolute atomic E-state index is 10.4. The van der Waals surface area contributed by atoms with Gasteiger partial charge in [-0.3, -0.25) is 0 Å². The molecule has 8 heteroatoms. The molecule has 0 saturated carbocycles. The average molecular weight is 233 g/mol. The molecule has 13 heavy (non-hydrogen) atoms. The normalized spacial score (nSPS) is 11.4. The Morgan fingerprint density at radius 2 is 1.85 bits per heavy atom. The van der Waals surface area contributed by atoms with Crippen molar-refractivity contribution in [2.45, 2.75) is 26.3 Å². The third kappa shape index (κ3) is 12.6. The fraction of sp³-hybridized carbons (Fsp3) is 0.800. The maximum atomic E-state index is 10.4. The molecule has 3 N–H and O–H groups in total. The summed E-state index contributed by atoms with van der Waals surface area (Å²) in [5.41, 5.74) is -0.314. The Bertz CT molecular complexity index is 270. The van der Waals surface area contributed by atoms with Crippen molar-refractivity contribution in [1.29, 1.82) is 0 Å². The van der Waals surface area contributed by atoms with Gasteiger partial charge in [-0.05, 0) is 5.54 Å². The molecule has 0 aromatic rings. The van der Waals surface area contributed by atoms with Gasteiger partial charge in [0.25, 0.3) is 0 Å². The Kier molecular flexibility index (Phi) is 6.76. The van der Waals surface area contributed by atoms with Crippen molar-refractivity contribution >= 4 is 27.5 Å². The Morgan fingerprint density at radius 3 is 2.08 bits per heavy atom. The Balaban J connectivity index is 0. The van der Waals surface area contributed by atoms with Crippen LogP contribution in [0.25, 0.3) is 4.72 Å². The van der Waals surface area contributed by atoms with E-state index in [1.165, 1.54) is 0 Å². The molecule has 0 rings (SSSR count). The summed E-state index contributed by atoms with van der Waals surface area (Å²) >= 11 is 4.61. The van der Waals surface area contributed by atoms with E-state index in [0.717, 1.165) is 0 Å². The van der Waals surface area contributed by atoms with E-state index in [4.69, 9.17) is 0 Å². The minimum Gasteiger partial charge on any atom is -0.467 e. The Labute approximate surface area is 106 Å². The molecular weight excluding hydrogens is 221 g/mol. The van der Waals surface area contributed by atoms with Crippen LogP contribution in [0.1, 0.15) is 20.8 Å². The van der Waals surface area contributed by atoms with Crippen molar-refractivity contribution in [1.82, 2.24) is 5.32 Å². The predicted molar refractivity (Wildman–Crippen MR) is 52.0 cm³/mol. The topological polar surface area (TPSA) is 86.3 Å². The van der Waals surface area contributed by atoms with E-state index in [1.807, 2.05) is 20.8 Å². The molecule has 0 heterocycles. The molecule has 0 aromatic carbocycles. The SMILES string of the molecule is CC(C)(C)NC(=S)[N-]S(N)(=O)=O.[Na+]. The second-order valence-electron chi connectivity index (χ2n) is 3.29. The summed E-state index contributed by atoms with van der Waals surface area (Å²) in [7, 11) is -3.87. The van der Waals surface area contributed by atoms with Crippen LogP contribution in [0.2, 0.25) is 0 Å². The second kappa shape index (κ2) is 5.47. The van der Waals surface area contributed by atoms with Gasteiger partial charge < -0.3 is 10.0 Å². The summed E-state index contributed by atoms with van der Waals surface area (Å²) in [5, 5.41) is 7.19. The molecule has 0 aliphatic carbocycles. The van der Waals surface area contributed by atoms with E-state index in [-0.39, 0.29) is 40.2 Å². The first-order chi connectivity index (χ1) is 5.10. The van der Waals surface area contributed by atoms with Crippen LogP contribution >= 0.6 is 12.2 Å². The zero-order valence-corrected chi connectivity index (χ0v) is 11.8. The van der Waals surface area contributed by atoms with Crippen molar-refractivity contribution in [2.75, 3.05) is 0 Å². The fourth-order valence-electron chi connectivity index (χ4n) is 0.459. The molecule has 0 fully saturated rings. The van der Waals surface area contributed by atoms with Crippen molar-refractivity contribution in [3.05, 3.63) is 4.72 Å². The van der Waals surface area contributed by atoms with Gasteiger partial charge in [-0.2, -0.15) is 0 Å². The minimum absolute atomic E-state index is 0. The summed E-state index contributed by atoms with van der Waals surface area (Å²) in [5.74, 6) is 0. The van der Waals surface area contributed by atoms with Crippen molar-refractivity contribution in [2.24, 2.45) is 5.14 Å². The third-order valence-corrected chi connectivity index (χ3v) is 1.44. The minimum atomic E-state index is -3.87. The molecule has 0 spiro atoms. The number of nitrogens with one attached hydrogen (secondary N) is 1.